The normalized spacial score (nSPS) is 16.9. The molecule has 1 saturated heterocycles. The molecule has 0 radical (unpaired) electrons. The molecule has 1 aromatic heterocycles. The van der Waals surface area contributed by atoms with E-state index in [0.29, 0.717) is 5.75 Å². The summed E-state index contributed by atoms with van der Waals surface area (Å²) in [6.07, 6.45) is 4.64. The summed E-state index contributed by atoms with van der Waals surface area (Å²) in [6, 6.07) is 18.0. The largest absolute Gasteiger partial charge is 0.484 e. The zero-order valence-electron chi connectivity index (χ0n) is 16.9. The molecule has 2 heterocycles. The number of benzene rings is 2. The number of piperidine rings is 1. The lowest BCUT2D eigenvalue weighted by Gasteiger charge is -2.33. The zero-order chi connectivity index (χ0) is 20.6. The Bertz CT molecular complexity index is 932. The predicted molar refractivity (Wildman–Crippen MR) is 112 cm³/mol. The van der Waals surface area contributed by atoms with Gasteiger partial charge in [0.2, 0.25) is 0 Å². The molecule has 8 nitrogen and oxygen atoms in total. The second kappa shape index (κ2) is 9.98. The lowest BCUT2D eigenvalue weighted by Crippen LogP contribution is -2.49. The summed E-state index contributed by atoms with van der Waals surface area (Å²) in [4.78, 5) is 14.8. The van der Waals surface area contributed by atoms with E-state index in [-0.39, 0.29) is 18.6 Å². The first-order valence-electron chi connectivity index (χ1n) is 10.3. The summed E-state index contributed by atoms with van der Waals surface area (Å²) >= 11 is 0. The summed E-state index contributed by atoms with van der Waals surface area (Å²) < 4.78 is 7.21. The third-order valence-electron chi connectivity index (χ3n) is 5.23. The lowest BCUT2D eigenvalue weighted by molar-refractivity contribution is -0.124. The van der Waals surface area contributed by atoms with Gasteiger partial charge in [0.05, 0.1) is 5.69 Å². The van der Waals surface area contributed by atoms with Gasteiger partial charge in [0.1, 0.15) is 12.1 Å². The van der Waals surface area contributed by atoms with Crippen molar-refractivity contribution in [1.82, 2.24) is 30.4 Å². The number of nitrogens with one attached hydrogen (secondary N) is 1. The van der Waals surface area contributed by atoms with Crippen LogP contribution in [0.1, 0.15) is 18.4 Å². The summed E-state index contributed by atoms with van der Waals surface area (Å²) in [5.41, 5.74) is 2.13. The number of tetrazole rings is 1. The standard InChI is InChI=1S/C22H26N6O2/c29-22(16-30-21-10-4-9-20(14-21)28-17-23-25-26-28)24-19-8-5-12-27(15-19)13-11-18-6-2-1-3-7-18/h1-4,6-7,9-10,14,17,19H,5,8,11-13,15-16H2,(H,24,29)/t19-/m1/s1. The van der Waals surface area contributed by atoms with Crippen molar-refractivity contribution < 1.29 is 9.53 Å². The van der Waals surface area contributed by atoms with E-state index in [2.05, 4.69) is 50.0 Å². The van der Waals surface area contributed by atoms with Crippen LogP contribution in [0.4, 0.5) is 0 Å². The smallest absolute Gasteiger partial charge is 0.258 e. The molecule has 0 unspecified atom stereocenters. The number of ether oxygens (including phenoxy) is 1. The summed E-state index contributed by atoms with van der Waals surface area (Å²) in [7, 11) is 0. The molecule has 0 spiro atoms. The highest BCUT2D eigenvalue weighted by molar-refractivity contribution is 5.77. The van der Waals surface area contributed by atoms with E-state index in [4.69, 9.17) is 4.74 Å². The maximum Gasteiger partial charge on any atom is 0.258 e. The fraction of sp³-hybridized carbons (Fsp3) is 0.364. The minimum Gasteiger partial charge on any atom is -0.484 e. The van der Waals surface area contributed by atoms with E-state index < -0.39 is 0 Å². The van der Waals surface area contributed by atoms with Crippen molar-refractivity contribution >= 4 is 5.91 Å². The Morgan fingerprint density at radius 2 is 2.07 bits per heavy atom. The van der Waals surface area contributed by atoms with Gasteiger partial charge in [-0.2, -0.15) is 0 Å². The van der Waals surface area contributed by atoms with Crippen molar-refractivity contribution in [2.45, 2.75) is 25.3 Å². The molecule has 1 fully saturated rings. The predicted octanol–water partition coefficient (Wildman–Crippen LogP) is 1.86. The van der Waals surface area contributed by atoms with Crippen LogP contribution in [0, 0.1) is 0 Å². The molecule has 4 rings (SSSR count). The average molecular weight is 406 g/mol. The quantitative estimate of drug-likeness (QED) is 0.615. The third kappa shape index (κ3) is 5.64. The number of nitrogens with zero attached hydrogens (tertiary/aromatic N) is 5. The summed E-state index contributed by atoms with van der Waals surface area (Å²) in [5.74, 6) is 0.504. The van der Waals surface area contributed by atoms with E-state index in [9.17, 15) is 4.79 Å². The van der Waals surface area contributed by atoms with Gasteiger partial charge in [0, 0.05) is 25.2 Å². The van der Waals surface area contributed by atoms with Crippen molar-refractivity contribution in [3.05, 3.63) is 66.5 Å². The number of hydrogen-bond donors (Lipinski definition) is 1. The van der Waals surface area contributed by atoms with Crippen LogP contribution in [0.3, 0.4) is 0 Å². The van der Waals surface area contributed by atoms with E-state index in [1.807, 2.05) is 24.3 Å². The molecule has 0 bridgehead atoms. The van der Waals surface area contributed by atoms with Crippen LogP contribution < -0.4 is 10.1 Å². The van der Waals surface area contributed by atoms with Crippen molar-refractivity contribution in [2.75, 3.05) is 26.2 Å². The first-order chi connectivity index (χ1) is 14.8. The molecular formula is C22H26N6O2. The Kier molecular flexibility index (Phi) is 6.66. The van der Waals surface area contributed by atoms with Crippen LogP contribution in [0.2, 0.25) is 0 Å². The molecule has 30 heavy (non-hydrogen) atoms. The molecule has 1 aliphatic rings. The molecule has 3 aromatic rings. The first-order valence-corrected chi connectivity index (χ1v) is 10.3. The van der Waals surface area contributed by atoms with Crippen LogP contribution in [0.5, 0.6) is 5.75 Å². The molecule has 0 aliphatic carbocycles. The van der Waals surface area contributed by atoms with Crippen LogP contribution in [0.15, 0.2) is 60.9 Å². The second-order valence-corrected chi connectivity index (χ2v) is 7.48. The van der Waals surface area contributed by atoms with Gasteiger partial charge in [0.25, 0.3) is 5.91 Å². The molecule has 1 amide bonds. The topological polar surface area (TPSA) is 85.2 Å². The minimum absolute atomic E-state index is 0.0143. The molecule has 156 valence electrons. The van der Waals surface area contributed by atoms with Crippen molar-refractivity contribution in [3.63, 3.8) is 0 Å². The molecule has 2 aromatic carbocycles. The highest BCUT2D eigenvalue weighted by Crippen LogP contribution is 2.16. The van der Waals surface area contributed by atoms with Crippen molar-refractivity contribution in [1.29, 1.82) is 0 Å². The minimum atomic E-state index is -0.0993. The summed E-state index contributed by atoms with van der Waals surface area (Å²) in [6.45, 7) is 2.96. The van der Waals surface area contributed by atoms with Crippen molar-refractivity contribution in [2.24, 2.45) is 0 Å². The van der Waals surface area contributed by atoms with Gasteiger partial charge in [-0.25, -0.2) is 4.68 Å². The van der Waals surface area contributed by atoms with Gasteiger partial charge in [-0.3, -0.25) is 4.79 Å². The number of carbonyl (C=O) groups excluding carboxylic acids is 1. The molecule has 0 saturated carbocycles. The van der Waals surface area contributed by atoms with Crippen LogP contribution >= 0.6 is 0 Å². The second-order valence-electron chi connectivity index (χ2n) is 7.48. The Hall–Kier alpha value is -3.26. The monoisotopic (exact) mass is 406 g/mol. The van der Waals surface area contributed by atoms with E-state index >= 15 is 0 Å². The summed E-state index contributed by atoms with van der Waals surface area (Å²) in [5, 5.41) is 14.2. The fourth-order valence-corrected chi connectivity index (χ4v) is 3.72. The first kappa shape index (κ1) is 20.0. The van der Waals surface area contributed by atoms with Gasteiger partial charge >= 0.3 is 0 Å². The Balaban J connectivity index is 1.22. The molecule has 1 atom stereocenters. The van der Waals surface area contributed by atoms with E-state index in [1.165, 1.54) is 11.9 Å². The molecule has 8 heteroatoms. The lowest BCUT2D eigenvalue weighted by atomic mass is 10.0. The number of amides is 1. The maximum atomic E-state index is 12.4. The number of likely N-dealkylation sites (tertiary alicyclic amines) is 1. The fourth-order valence-electron chi connectivity index (χ4n) is 3.72. The number of hydrogen-bond acceptors (Lipinski definition) is 6. The van der Waals surface area contributed by atoms with Gasteiger partial charge < -0.3 is 15.0 Å². The maximum absolute atomic E-state index is 12.4. The highest BCUT2D eigenvalue weighted by Gasteiger charge is 2.21. The SMILES string of the molecule is O=C(COc1cccc(-n2cnnn2)c1)N[C@@H]1CCCN(CCc2ccccc2)C1. The Morgan fingerprint density at radius 3 is 2.90 bits per heavy atom. The van der Waals surface area contributed by atoms with Gasteiger partial charge in [-0.05, 0) is 53.9 Å². The Morgan fingerprint density at radius 1 is 1.17 bits per heavy atom. The average Bonchev–Trinajstić information content (AvgIpc) is 3.33. The molecular weight excluding hydrogens is 380 g/mol. The highest BCUT2D eigenvalue weighted by atomic mass is 16.5. The van der Waals surface area contributed by atoms with Crippen LogP contribution in [0.25, 0.3) is 5.69 Å². The molecule has 1 N–H and O–H groups in total. The van der Waals surface area contributed by atoms with Crippen LogP contribution in [-0.2, 0) is 11.2 Å². The number of carbonyl (C=O) groups is 1. The number of aromatic nitrogens is 4. The van der Waals surface area contributed by atoms with Gasteiger partial charge in [-0.1, -0.05) is 36.4 Å². The van der Waals surface area contributed by atoms with Gasteiger partial charge in [0.15, 0.2) is 6.61 Å². The number of rotatable bonds is 8. The Labute approximate surface area is 175 Å². The van der Waals surface area contributed by atoms with E-state index in [1.54, 1.807) is 10.7 Å². The molecule has 1 aliphatic heterocycles. The van der Waals surface area contributed by atoms with Crippen LogP contribution in [-0.4, -0.2) is 63.3 Å². The zero-order valence-corrected chi connectivity index (χ0v) is 16.9. The van der Waals surface area contributed by atoms with E-state index in [0.717, 1.165) is 44.6 Å². The van der Waals surface area contributed by atoms with Crippen molar-refractivity contribution in [3.8, 4) is 11.4 Å². The third-order valence-corrected chi connectivity index (χ3v) is 5.23. The van der Waals surface area contributed by atoms with Gasteiger partial charge in [-0.15, -0.1) is 5.10 Å².